The molecule has 0 aromatic heterocycles. The molecule has 3 rings (SSSR count). The van der Waals surface area contributed by atoms with E-state index in [1.165, 1.54) is 31.4 Å². The van der Waals surface area contributed by atoms with E-state index in [4.69, 9.17) is 4.74 Å². The lowest BCUT2D eigenvalue weighted by molar-refractivity contribution is -0.385. The highest BCUT2D eigenvalue weighted by Gasteiger charge is 2.23. The average Bonchev–Trinajstić information content (AvgIpc) is 2.80. The van der Waals surface area contributed by atoms with Gasteiger partial charge in [0.05, 0.1) is 28.9 Å². The minimum Gasteiger partial charge on any atom is -0.507 e. The highest BCUT2D eigenvalue weighted by atomic mass is 32.2. The van der Waals surface area contributed by atoms with Crippen molar-refractivity contribution in [2.24, 2.45) is 5.10 Å². The maximum absolute atomic E-state index is 13.0. The molecule has 0 unspecified atom stereocenters. The quantitative estimate of drug-likeness (QED) is 0.231. The summed E-state index contributed by atoms with van der Waals surface area (Å²) < 4.78 is 33.3. The smallest absolute Gasteiger partial charge is 0.270 e. The van der Waals surface area contributed by atoms with E-state index in [0.29, 0.717) is 5.75 Å². The number of anilines is 2. The van der Waals surface area contributed by atoms with Gasteiger partial charge in [0.1, 0.15) is 16.4 Å². The molecule has 0 saturated carbocycles. The van der Waals surface area contributed by atoms with Crippen LogP contribution in [0, 0.1) is 20.2 Å². The average molecular weight is 487 g/mol. The van der Waals surface area contributed by atoms with Crippen LogP contribution in [0.15, 0.2) is 70.7 Å². The number of rotatable bonds is 9. The molecule has 34 heavy (non-hydrogen) atoms. The Bertz CT molecular complexity index is 1370. The van der Waals surface area contributed by atoms with Gasteiger partial charge in [0.2, 0.25) is 0 Å². The molecule has 0 heterocycles. The molecule has 0 saturated heterocycles. The largest absolute Gasteiger partial charge is 0.507 e. The predicted molar refractivity (Wildman–Crippen MR) is 123 cm³/mol. The molecule has 14 heteroatoms. The first kappa shape index (κ1) is 23.9. The number of nitro groups is 2. The molecule has 0 aliphatic carbocycles. The summed E-state index contributed by atoms with van der Waals surface area (Å²) >= 11 is 0. The Morgan fingerprint density at radius 1 is 0.971 bits per heavy atom. The first-order chi connectivity index (χ1) is 16.1. The van der Waals surface area contributed by atoms with Gasteiger partial charge in [-0.1, -0.05) is 0 Å². The maximum atomic E-state index is 13.0. The van der Waals surface area contributed by atoms with E-state index in [9.17, 15) is 33.8 Å². The van der Waals surface area contributed by atoms with Crippen LogP contribution in [-0.4, -0.2) is 36.7 Å². The van der Waals surface area contributed by atoms with Gasteiger partial charge < -0.3 is 9.84 Å². The third kappa shape index (κ3) is 5.55. The molecule has 0 aliphatic heterocycles. The first-order valence-electron chi connectivity index (χ1n) is 9.32. The van der Waals surface area contributed by atoms with Crippen LogP contribution in [0.25, 0.3) is 0 Å². The van der Waals surface area contributed by atoms with E-state index >= 15 is 0 Å². The molecule has 0 spiro atoms. The number of hydrogen-bond acceptors (Lipinski definition) is 10. The summed E-state index contributed by atoms with van der Waals surface area (Å²) in [5.41, 5.74) is 1.74. The van der Waals surface area contributed by atoms with Crippen molar-refractivity contribution in [3.8, 4) is 11.5 Å². The number of sulfonamides is 1. The number of benzene rings is 3. The summed E-state index contributed by atoms with van der Waals surface area (Å²) in [5, 5.41) is 35.8. The Labute approximate surface area is 192 Å². The summed E-state index contributed by atoms with van der Waals surface area (Å²) in [7, 11) is -2.86. The number of hydrogen-bond donors (Lipinski definition) is 3. The maximum Gasteiger partial charge on any atom is 0.270 e. The Morgan fingerprint density at radius 3 is 2.21 bits per heavy atom. The van der Waals surface area contributed by atoms with Gasteiger partial charge in [-0.15, -0.1) is 0 Å². The van der Waals surface area contributed by atoms with Crippen molar-refractivity contribution < 1.29 is 28.1 Å². The topological polar surface area (TPSA) is 186 Å². The Hall–Kier alpha value is -4.72. The number of aromatic hydroxyl groups is 1. The van der Waals surface area contributed by atoms with Crippen LogP contribution < -0.4 is 14.9 Å². The molecule has 176 valence electrons. The van der Waals surface area contributed by atoms with Gasteiger partial charge in [-0.05, 0) is 36.4 Å². The van der Waals surface area contributed by atoms with Crippen molar-refractivity contribution in [1.82, 2.24) is 0 Å². The molecule has 0 radical (unpaired) electrons. The van der Waals surface area contributed by atoms with E-state index in [-0.39, 0.29) is 28.4 Å². The van der Waals surface area contributed by atoms with Gasteiger partial charge >= 0.3 is 0 Å². The lowest BCUT2D eigenvalue weighted by Crippen LogP contribution is -2.15. The normalized spacial score (nSPS) is 11.2. The summed E-state index contributed by atoms with van der Waals surface area (Å²) in [6.45, 7) is 0. The second-order valence-corrected chi connectivity index (χ2v) is 8.29. The van der Waals surface area contributed by atoms with Crippen molar-refractivity contribution >= 4 is 39.0 Å². The Morgan fingerprint density at radius 2 is 1.59 bits per heavy atom. The molecular weight excluding hydrogens is 470 g/mol. The molecule has 3 aromatic rings. The van der Waals surface area contributed by atoms with Crippen LogP contribution in [0.5, 0.6) is 11.5 Å². The molecule has 0 amide bonds. The van der Waals surface area contributed by atoms with Crippen molar-refractivity contribution in [2.45, 2.75) is 4.90 Å². The molecule has 0 atom stereocenters. The number of nitrogens with zero attached hydrogens (tertiary/aromatic N) is 3. The Balaban J connectivity index is 1.94. The van der Waals surface area contributed by atoms with Crippen LogP contribution in [0.2, 0.25) is 0 Å². The minimum absolute atomic E-state index is 0.00984. The number of nitrogens with one attached hydrogen (secondary N) is 2. The third-order valence-electron chi connectivity index (χ3n) is 4.42. The second kappa shape index (κ2) is 9.83. The minimum atomic E-state index is -4.31. The van der Waals surface area contributed by atoms with Gasteiger partial charge in [0, 0.05) is 35.5 Å². The fourth-order valence-electron chi connectivity index (χ4n) is 2.74. The molecule has 0 aliphatic rings. The monoisotopic (exact) mass is 487 g/mol. The van der Waals surface area contributed by atoms with Crippen molar-refractivity contribution in [3.63, 3.8) is 0 Å². The zero-order valence-electron chi connectivity index (χ0n) is 17.4. The van der Waals surface area contributed by atoms with Crippen molar-refractivity contribution in [2.75, 3.05) is 17.3 Å². The lowest BCUT2D eigenvalue weighted by Gasteiger charge is -2.12. The molecule has 3 N–H and O–H groups in total. The highest BCUT2D eigenvalue weighted by molar-refractivity contribution is 7.92. The molecule has 3 aromatic carbocycles. The fourth-order valence-corrected chi connectivity index (χ4v) is 3.97. The fraction of sp³-hybridized carbons (Fsp3) is 0.0500. The van der Waals surface area contributed by atoms with Gasteiger partial charge in [0.25, 0.3) is 21.4 Å². The number of hydrazone groups is 1. The van der Waals surface area contributed by atoms with E-state index in [0.717, 1.165) is 42.6 Å². The third-order valence-corrected chi connectivity index (χ3v) is 5.84. The van der Waals surface area contributed by atoms with E-state index in [1.807, 2.05) is 0 Å². The SMILES string of the molecule is COc1ccc(NS(=O)(=O)c2cc([N+](=O)[O-])ccc2N/N=C/c2cc([N+](=O)[O-])ccc2O)cc1. The van der Waals surface area contributed by atoms with E-state index in [2.05, 4.69) is 15.2 Å². The van der Waals surface area contributed by atoms with Crippen LogP contribution in [0.4, 0.5) is 22.7 Å². The number of nitro benzene ring substituents is 2. The number of phenols is 1. The number of ether oxygens (including phenoxy) is 1. The van der Waals surface area contributed by atoms with Crippen LogP contribution in [0.3, 0.4) is 0 Å². The van der Waals surface area contributed by atoms with E-state index in [1.54, 1.807) is 0 Å². The van der Waals surface area contributed by atoms with E-state index < -0.39 is 30.5 Å². The molecular formula is C20H17N5O8S. The van der Waals surface area contributed by atoms with Crippen LogP contribution in [0.1, 0.15) is 5.56 Å². The van der Waals surface area contributed by atoms with Gasteiger partial charge in [-0.25, -0.2) is 8.42 Å². The molecule has 0 bridgehead atoms. The van der Waals surface area contributed by atoms with Crippen LogP contribution in [-0.2, 0) is 10.0 Å². The standard InChI is InChI=1S/C20H17N5O8S/c1-33-17-6-2-14(3-7-17)23-34(31,32)20-11-16(25(29)30)4-8-18(20)22-21-12-13-10-15(24(27)28)5-9-19(13)26/h2-12,22-23,26H,1H3/b21-12+. The number of phenolic OH excluding ortho intramolecular Hbond substituents is 1. The molecule has 0 fully saturated rings. The first-order valence-corrected chi connectivity index (χ1v) is 10.8. The van der Waals surface area contributed by atoms with Crippen LogP contribution >= 0.6 is 0 Å². The van der Waals surface area contributed by atoms with Crippen molar-refractivity contribution in [1.29, 1.82) is 0 Å². The Kier molecular flexibility index (Phi) is 6.92. The van der Waals surface area contributed by atoms with Gasteiger partial charge in [-0.2, -0.15) is 5.10 Å². The summed E-state index contributed by atoms with van der Waals surface area (Å²) in [6.07, 6.45) is 1.04. The van der Waals surface area contributed by atoms with Gasteiger partial charge in [0.15, 0.2) is 0 Å². The number of non-ortho nitro benzene ring substituents is 2. The second-order valence-electron chi connectivity index (χ2n) is 6.64. The lowest BCUT2D eigenvalue weighted by atomic mass is 10.2. The number of methoxy groups -OCH3 is 1. The zero-order valence-corrected chi connectivity index (χ0v) is 18.2. The highest BCUT2D eigenvalue weighted by Crippen LogP contribution is 2.29. The summed E-state index contributed by atoms with van der Waals surface area (Å²) in [5.74, 6) is 0.202. The predicted octanol–water partition coefficient (Wildman–Crippen LogP) is 3.46. The summed E-state index contributed by atoms with van der Waals surface area (Å²) in [6, 6.07) is 12.3. The van der Waals surface area contributed by atoms with Crippen molar-refractivity contribution in [3.05, 3.63) is 86.5 Å². The zero-order chi connectivity index (χ0) is 24.9. The summed E-state index contributed by atoms with van der Waals surface area (Å²) in [4.78, 5) is 20.2. The molecule has 13 nitrogen and oxygen atoms in total. The van der Waals surface area contributed by atoms with Gasteiger partial charge in [-0.3, -0.25) is 30.4 Å².